The van der Waals surface area contributed by atoms with E-state index in [1.54, 1.807) is 67.6 Å². The predicted molar refractivity (Wildman–Crippen MR) is 278 cm³/mol. The largest absolute Gasteiger partial charge is 0.472 e. The molecule has 1 amide bonds. The summed E-state index contributed by atoms with van der Waals surface area (Å²) in [5, 5.41) is 18.3. The van der Waals surface area contributed by atoms with Gasteiger partial charge in [0.05, 0.1) is 80.7 Å². The summed E-state index contributed by atoms with van der Waals surface area (Å²) in [6, 6.07) is 27.2. The fourth-order valence-corrected chi connectivity index (χ4v) is 10.1. The number of aromatic nitrogens is 12. The number of halogens is 2. The van der Waals surface area contributed by atoms with E-state index in [2.05, 4.69) is 55.5 Å². The van der Waals surface area contributed by atoms with E-state index in [0.29, 0.717) is 67.2 Å². The highest BCUT2D eigenvalue weighted by Crippen LogP contribution is 2.42. The van der Waals surface area contributed by atoms with E-state index in [0.717, 1.165) is 49.2 Å². The number of carbonyl (C=O) groups excluding carboxylic acids is 1. The monoisotopic (exact) mass is 992 g/mol. The molecule has 1 aliphatic rings. The first kappa shape index (κ1) is 43.8. The Labute approximate surface area is 422 Å². The van der Waals surface area contributed by atoms with Crippen LogP contribution in [0.15, 0.2) is 150 Å². The number of anilines is 1. The summed E-state index contributed by atoms with van der Waals surface area (Å²) in [7, 11) is 0. The molecule has 0 aliphatic carbocycles. The van der Waals surface area contributed by atoms with Gasteiger partial charge in [0.1, 0.15) is 28.5 Å². The number of imidazole rings is 2. The average molecular weight is 993 g/mol. The van der Waals surface area contributed by atoms with Crippen LogP contribution in [0.5, 0.6) is 0 Å². The Morgan fingerprint density at radius 2 is 1.33 bits per heavy atom. The van der Waals surface area contributed by atoms with Crippen molar-refractivity contribution in [3.63, 3.8) is 0 Å². The molecule has 0 saturated carbocycles. The molecule has 0 spiro atoms. The third kappa shape index (κ3) is 7.59. The Kier molecular flexibility index (Phi) is 10.3. The number of nitrogens with one attached hydrogen (secondary N) is 5. The molecule has 13 aromatic rings. The number of nitrogens with zero attached hydrogens (tertiary/aromatic N) is 9. The van der Waals surface area contributed by atoms with Crippen LogP contribution in [0.3, 0.4) is 0 Å². The Morgan fingerprint density at radius 1 is 0.627 bits per heavy atom. The van der Waals surface area contributed by atoms with Crippen LogP contribution in [0.1, 0.15) is 28.8 Å². The van der Waals surface area contributed by atoms with Crippen molar-refractivity contribution in [2.24, 2.45) is 0 Å². The lowest BCUT2D eigenvalue weighted by atomic mass is 10.0. The van der Waals surface area contributed by atoms with Crippen LogP contribution in [0.25, 0.3) is 123 Å². The van der Waals surface area contributed by atoms with E-state index >= 15 is 8.78 Å². The van der Waals surface area contributed by atoms with Gasteiger partial charge in [-0.25, -0.2) is 23.7 Å². The summed E-state index contributed by atoms with van der Waals surface area (Å²) in [5.41, 5.74) is 9.51. The lowest BCUT2D eigenvalue weighted by Crippen LogP contribution is -2.18. The Balaban J connectivity index is 0.860. The zero-order chi connectivity index (χ0) is 50.1. The third-order valence-corrected chi connectivity index (χ3v) is 13.6. The smallest absolute Gasteiger partial charge is 0.255 e. The molecule has 11 heterocycles. The first-order valence-electron chi connectivity index (χ1n) is 24.1. The number of likely N-dealkylation sites (tertiary alicyclic amines) is 1. The van der Waals surface area contributed by atoms with E-state index in [1.165, 1.54) is 12.4 Å². The van der Waals surface area contributed by atoms with Crippen LogP contribution in [0.4, 0.5) is 14.5 Å². The van der Waals surface area contributed by atoms with Crippen molar-refractivity contribution in [1.29, 1.82) is 0 Å². The number of para-hydroxylation sites is 2. The topological polar surface area (TPSA) is 225 Å². The minimum atomic E-state index is -0.713. The molecule has 10 aromatic heterocycles. The van der Waals surface area contributed by atoms with Crippen LogP contribution in [0, 0.1) is 11.6 Å². The van der Waals surface area contributed by atoms with Gasteiger partial charge in [-0.05, 0) is 80.0 Å². The molecule has 0 bridgehead atoms. The van der Waals surface area contributed by atoms with Gasteiger partial charge < -0.3 is 24.1 Å². The van der Waals surface area contributed by atoms with Gasteiger partial charge in [0.2, 0.25) is 0 Å². The number of furan rings is 2. The van der Waals surface area contributed by atoms with Crippen molar-refractivity contribution in [3.8, 4) is 79.3 Å². The maximum atomic E-state index is 17.6. The van der Waals surface area contributed by atoms with Crippen LogP contribution in [-0.4, -0.2) is 84.2 Å². The minimum absolute atomic E-state index is 0.0810. The number of benzene rings is 3. The molecule has 75 heavy (non-hydrogen) atoms. The van der Waals surface area contributed by atoms with Crippen molar-refractivity contribution in [3.05, 3.63) is 164 Å². The first-order chi connectivity index (χ1) is 36.9. The number of rotatable bonds is 11. The second kappa shape index (κ2) is 17.6. The van der Waals surface area contributed by atoms with Crippen molar-refractivity contribution in [1.82, 2.24) is 65.2 Å². The summed E-state index contributed by atoms with van der Waals surface area (Å²) in [4.78, 5) is 50.4. The number of H-pyrrole nitrogens is 4. The van der Waals surface area contributed by atoms with Crippen LogP contribution >= 0.6 is 0 Å². The number of hydrogen-bond acceptors (Lipinski definition) is 12. The third-order valence-electron chi connectivity index (χ3n) is 13.6. The van der Waals surface area contributed by atoms with Crippen molar-refractivity contribution < 1.29 is 22.4 Å². The lowest BCUT2D eigenvalue weighted by Gasteiger charge is -2.14. The molecule has 1 saturated heterocycles. The van der Waals surface area contributed by atoms with Gasteiger partial charge in [-0.2, -0.15) is 10.2 Å². The number of pyridine rings is 4. The quantitative estimate of drug-likeness (QED) is 0.0816. The number of carbonyl (C=O) groups is 1. The standard InChI is InChI=1S/C56H38F2N14O3/c57-44-42-40(25-61-46(44)32-18-29(21-59-22-32)26-72-15-4-5-16-72)68-70-52(42)54-63-39-13-7-11-37(49(39)67-54)34-20-41(75-28-34)50-51-43(53(71-69-51)55-64-38-12-6-10-36(48(38)66-55)31-14-17-74-27-31)45(58)47(65-50)33-19-35(24-60-23-33)62-56(73)30-8-2-1-3-9-30/h1-3,6-14,17-25,27-28H,4-5,15-16,26H2,(H,62,73)(H,63,67)(H,64,66)(H,68,70)(H,69,71). The highest BCUT2D eigenvalue weighted by atomic mass is 19.1. The molecule has 5 N–H and O–H groups in total. The summed E-state index contributed by atoms with van der Waals surface area (Å²) in [6.07, 6.45) is 15.1. The van der Waals surface area contributed by atoms with E-state index in [-0.39, 0.29) is 62.0 Å². The molecule has 17 nitrogen and oxygen atoms in total. The van der Waals surface area contributed by atoms with Gasteiger partial charge in [0.15, 0.2) is 29.0 Å². The van der Waals surface area contributed by atoms with Gasteiger partial charge in [0.25, 0.3) is 5.91 Å². The van der Waals surface area contributed by atoms with Crippen molar-refractivity contribution in [2.45, 2.75) is 19.4 Å². The molecule has 364 valence electrons. The van der Waals surface area contributed by atoms with Gasteiger partial charge in [-0.15, -0.1) is 0 Å². The summed E-state index contributed by atoms with van der Waals surface area (Å²) >= 11 is 0. The molecular formula is C56H38F2N14O3. The molecule has 1 aliphatic heterocycles. The maximum Gasteiger partial charge on any atom is 0.255 e. The molecule has 19 heteroatoms. The van der Waals surface area contributed by atoms with Crippen molar-refractivity contribution >= 4 is 55.5 Å². The number of hydrogen-bond donors (Lipinski definition) is 5. The van der Waals surface area contributed by atoms with Gasteiger partial charge in [0, 0.05) is 64.1 Å². The van der Waals surface area contributed by atoms with Gasteiger partial charge in [-0.1, -0.05) is 42.5 Å². The number of amides is 1. The van der Waals surface area contributed by atoms with Gasteiger partial charge >= 0.3 is 0 Å². The lowest BCUT2D eigenvalue weighted by molar-refractivity contribution is 0.102. The van der Waals surface area contributed by atoms with E-state index in [9.17, 15) is 4.79 Å². The van der Waals surface area contributed by atoms with Crippen molar-refractivity contribution in [2.75, 3.05) is 18.4 Å². The maximum absolute atomic E-state index is 17.6. The Hall–Kier alpha value is -10.0. The predicted octanol–water partition coefficient (Wildman–Crippen LogP) is 11.8. The molecule has 0 radical (unpaired) electrons. The summed E-state index contributed by atoms with van der Waals surface area (Å²) in [5.74, 6) is -0.721. The summed E-state index contributed by atoms with van der Waals surface area (Å²) in [6.45, 7) is 2.79. The van der Waals surface area contributed by atoms with Crippen LogP contribution < -0.4 is 5.32 Å². The molecular weight excluding hydrogens is 955 g/mol. The molecule has 3 aromatic carbocycles. The average Bonchev–Trinajstić information content (AvgIpc) is 4.31. The number of fused-ring (bicyclic) bond motifs is 4. The molecule has 0 atom stereocenters. The minimum Gasteiger partial charge on any atom is -0.472 e. The molecule has 14 rings (SSSR count). The molecule has 0 unspecified atom stereocenters. The number of aromatic amines is 4. The van der Waals surface area contributed by atoms with Crippen LogP contribution in [-0.2, 0) is 6.54 Å². The SMILES string of the molecule is O=C(Nc1cncc(-c2nc(-c3cc(-c4cccc5[nH]c(-c6n[nH]c7cnc(-c8cncc(CN9CCCC9)c8)c(F)c67)nc45)co3)c3[nH]nc(-c4nc5c(-c6ccoc6)cccc5[nH]4)c3c2F)c1)c1ccccc1. The summed E-state index contributed by atoms with van der Waals surface area (Å²) < 4.78 is 46.0. The van der Waals surface area contributed by atoms with Gasteiger partial charge in [-0.3, -0.25) is 34.8 Å². The fraction of sp³-hybridized carbons (Fsp3) is 0.0893. The first-order valence-corrected chi connectivity index (χ1v) is 24.1. The Morgan fingerprint density at radius 3 is 2.09 bits per heavy atom. The normalized spacial score (nSPS) is 13.0. The van der Waals surface area contributed by atoms with E-state index in [1.807, 2.05) is 60.8 Å². The van der Waals surface area contributed by atoms with E-state index in [4.69, 9.17) is 23.8 Å². The second-order valence-electron chi connectivity index (χ2n) is 18.4. The second-order valence-corrected chi connectivity index (χ2v) is 18.4. The molecule has 1 fully saturated rings. The zero-order valence-corrected chi connectivity index (χ0v) is 39.3. The highest BCUT2D eigenvalue weighted by Gasteiger charge is 2.28. The highest BCUT2D eigenvalue weighted by molar-refractivity contribution is 6.06. The zero-order valence-electron chi connectivity index (χ0n) is 39.3. The van der Waals surface area contributed by atoms with E-state index < -0.39 is 11.6 Å². The van der Waals surface area contributed by atoms with Crippen LogP contribution in [0.2, 0.25) is 0 Å². The Bertz CT molecular complexity index is 4340. The fourth-order valence-electron chi connectivity index (χ4n) is 10.1.